The number of carbonyl (C=O) groups excluding carboxylic acids is 1. The molecule has 5 rings (SSSR count). The topological polar surface area (TPSA) is 83.9 Å². The number of hydrogen-bond donors (Lipinski definition) is 0. The van der Waals surface area contributed by atoms with Gasteiger partial charge < -0.3 is 24.2 Å². The summed E-state index contributed by atoms with van der Waals surface area (Å²) in [5.74, 6) is 2.13. The minimum Gasteiger partial charge on any atom is -0.481 e. The number of pyridine rings is 1. The zero-order valence-corrected chi connectivity index (χ0v) is 21.8. The average Bonchev–Trinajstić information content (AvgIpc) is 3.35. The summed E-state index contributed by atoms with van der Waals surface area (Å²) in [5.41, 5.74) is 1.69. The molecular formula is C26H32N6O3S. The van der Waals surface area contributed by atoms with Crippen molar-refractivity contribution >= 4 is 39.4 Å². The summed E-state index contributed by atoms with van der Waals surface area (Å²) in [7, 11) is 5.81. The number of thiophene rings is 1. The maximum absolute atomic E-state index is 12.8. The number of amides is 1. The van der Waals surface area contributed by atoms with Gasteiger partial charge in [-0.2, -0.15) is 0 Å². The third-order valence-electron chi connectivity index (χ3n) is 6.78. The van der Waals surface area contributed by atoms with Crippen molar-refractivity contribution in [1.29, 1.82) is 0 Å². The molecule has 5 heterocycles. The summed E-state index contributed by atoms with van der Waals surface area (Å²) < 4.78 is 11.8. The molecule has 0 atom stereocenters. The molecule has 3 aromatic heterocycles. The number of nitrogens with zero attached hydrogens (tertiary/aromatic N) is 6. The normalized spacial score (nSPS) is 17.4. The van der Waals surface area contributed by atoms with Crippen LogP contribution in [0.3, 0.4) is 0 Å². The first-order valence-corrected chi connectivity index (χ1v) is 13.1. The molecule has 190 valence electrons. The van der Waals surface area contributed by atoms with Crippen molar-refractivity contribution in [2.45, 2.75) is 18.9 Å². The molecule has 36 heavy (non-hydrogen) atoms. The number of rotatable bonds is 6. The highest BCUT2D eigenvalue weighted by Gasteiger charge is 2.23. The Morgan fingerprint density at radius 2 is 1.94 bits per heavy atom. The van der Waals surface area contributed by atoms with Gasteiger partial charge in [0.25, 0.3) is 0 Å². The van der Waals surface area contributed by atoms with E-state index < -0.39 is 0 Å². The number of anilines is 1. The van der Waals surface area contributed by atoms with E-state index in [-0.39, 0.29) is 5.91 Å². The Hall–Kier alpha value is -3.08. The highest BCUT2D eigenvalue weighted by molar-refractivity contribution is 7.20. The van der Waals surface area contributed by atoms with E-state index in [0.717, 1.165) is 65.5 Å². The zero-order chi connectivity index (χ0) is 25.1. The fraction of sp³-hybridized carbons (Fsp3) is 0.462. The standard InChI is InChI=1S/C26H32N6O3S/c1-30(2)19-8-10-31(11-9-19)23(33)7-5-20-16-21-24(36-20)26(32-12-14-35-15-13-32)29-25(28-21)18-4-6-22(34-3)27-17-18/h4-7,16-17,19H,8-15H2,1-3H3/b7-5+. The number of ether oxygens (including phenoxy) is 2. The number of likely N-dealkylation sites (tertiary alicyclic amines) is 1. The molecule has 10 heteroatoms. The van der Waals surface area contributed by atoms with Gasteiger partial charge in [0.15, 0.2) is 11.6 Å². The van der Waals surface area contributed by atoms with Crippen LogP contribution in [0.2, 0.25) is 0 Å². The van der Waals surface area contributed by atoms with E-state index in [9.17, 15) is 4.79 Å². The van der Waals surface area contributed by atoms with E-state index in [0.29, 0.717) is 31.0 Å². The highest BCUT2D eigenvalue weighted by Crippen LogP contribution is 2.35. The summed E-state index contributed by atoms with van der Waals surface area (Å²) in [6.45, 7) is 4.48. The molecule has 0 bridgehead atoms. The van der Waals surface area contributed by atoms with Gasteiger partial charge in [0.05, 0.1) is 30.5 Å². The van der Waals surface area contributed by atoms with Crippen LogP contribution in [0.4, 0.5) is 5.82 Å². The number of methoxy groups -OCH3 is 1. The second-order valence-electron chi connectivity index (χ2n) is 9.28. The Labute approximate surface area is 215 Å². The second kappa shape index (κ2) is 10.9. The summed E-state index contributed by atoms with van der Waals surface area (Å²) in [4.78, 5) is 34.4. The first kappa shape index (κ1) is 24.6. The maximum Gasteiger partial charge on any atom is 0.246 e. The molecule has 0 radical (unpaired) electrons. The van der Waals surface area contributed by atoms with Gasteiger partial charge in [0.1, 0.15) is 0 Å². The van der Waals surface area contributed by atoms with Crippen molar-refractivity contribution in [3.05, 3.63) is 35.3 Å². The molecule has 0 aromatic carbocycles. The fourth-order valence-electron chi connectivity index (χ4n) is 4.63. The van der Waals surface area contributed by atoms with Crippen LogP contribution in [0.15, 0.2) is 30.5 Å². The number of fused-ring (bicyclic) bond motifs is 1. The predicted molar refractivity (Wildman–Crippen MR) is 143 cm³/mol. The van der Waals surface area contributed by atoms with Gasteiger partial charge in [-0.15, -0.1) is 11.3 Å². The number of morpholine rings is 1. The van der Waals surface area contributed by atoms with Gasteiger partial charge >= 0.3 is 0 Å². The highest BCUT2D eigenvalue weighted by atomic mass is 32.1. The van der Waals surface area contributed by atoms with E-state index in [2.05, 4.69) is 28.9 Å². The smallest absolute Gasteiger partial charge is 0.246 e. The maximum atomic E-state index is 12.8. The van der Waals surface area contributed by atoms with Gasteiger partial charge in [-0.05, 0) is 45.1 Å². The minimum absolute atomic E-state index is 0.0640. The molecule has 2 fully saturated rings. The van der Waals surface area contributed by atoms with Crippen LogP contribution in [0.25, 0.3) is 27.7 Å². The Morgan fingerprint density at radius 1 is 1.17 bits per heavy atom. The van der Waals surface area contributed by atoms with Gasteiger partial charge in [-0.1, -0.05) is 0 Å². The third kappa shape index (κ3) is 5.35. The van der Waals surface area contributed by atoms with E-state index in [1.807, 2.05) is 29.2 Å². The molecule has 2 saturated heterocycles. The second-order valence-corrected chi connectivity index (χ2v) is 10.4. The molecule has 0 aliphatic carbocycles. The summed E-state index contributed by atoms with van der Waals surface area (Å²) in [6.07, 6.45) is 7.35. The lowest BCUT2D eigenvalue weighted by Crippen LogP contribution is -2.43. The van der Waals surface area contributed by atoms with E-state index in [4.69, 9.17) is 19.4 Å². The molecular weight excluding hydrogens is 476 g/mol. The van der Waals surface area contributed by atoms with E-state index >= 15 is 0 Å². The van der Waals surface area contributed by atoms with Gasteiger partial charge in [-0.25, -0.2) is 15.0 Å². The van der Waals surface area contributed by atoms with Crippen LogP contribution in [0.5, 0.6) is 5.88 Å². The van der Waals surface area contributed by atoms with Crippen molar-refractivity contribution < 1.29 is 14.3 Å². The first-order valence-electron chi connectivity index (χ1n) is 12.3. The SMILES string of the molecule is COc1ccc(-c2nc(N3CCOCC3)c3sc(/C=C/C(=O)N4CCC(N(C)C)CC4)cc3n2)cn1. The van der Waals surface area contributed by atoms with Gasteiger partial charge in [0, 0.05) is 61.0 Å². The van der Waals surface area contributed by atoms with Crippen LogP contribution in [-0.2, 0) is 9.53 Å². The number of carbonyl (C=O) groups is 1. The molecule has 2 aliphatic heterocycles. The van der Waals surface area contributed by atoms with Crippen molar-refractivity contribution in [1.82, 2.24) is 24.8 Å². The van der Waals surface area contributed by atoms with E-state index in [1.165, 1.54) is 0 Å². The Kier molecular flexibility index (Phi) is 7.45. The Balaban J connectivity index is 1.41. The molecule has 1 amide bonds. The van der Waals surface area contributed by atoms with Crippen LogP contribution >= 0.6 is 11.3 Å². The molecule has 0 N–H and O–H groups in total. The lowest BCUT2D eigenvalue weighted by molar-refractivity contribution is -0.127. The van der Waals surface area contributed by atoms with Crippen molar-refractivity contribution in [2.75, 3.05) is 65.5 Å². The summed E-state index contributed by atoms with van der Waals surface area (Å²) in [6, 6.07) is 6.31. The van der Waals surface area contributed by atoms with Crippen molar-refractivity contribution in [3.8, 4) is 17.3 Å². The third-order valence-corrected chi connectivity index (χ3v) is 7.87. The first-order chi connectivity index (χ1) is 17.5. The van der Waals surface area contributed by atoms with Crippen molar-refractivity contribution in [2.24, 2.45) is 0 Å². The molecule has 3 aromatic rings. The number of hydrogen-bond acceptors (Lipinski definition) is 9. The monoisotopic (exact) mass is 508 g/mol. The minimum atomic E-state index is 0.0640. The van der Waals surface area contributed by atoms with Crippen LogP contribution in [-0.4, -0.2) is 97.3 Å². The number of aromatic nitrogens is 3. The van der Waals surface area contributed by atoms with Gasteiger partial charge in [0.2, 0.25) is 11.8 Å². The molecule has 0 spiro atoms. The van der Waals surface area contributed by atoms with Crippen molar-refractivity contribution in [3.63, 3.8) is 0 Å². The average molecular weight is 509 g/mol. The quantitative estimate of drug-likeness (QED) is 0.470. The predicted octanol–water partition coefficient (Wildman–Crippen LogP) is 3.16. The summed E-state index contributed by atoms with van der Waals surface area (Å²) in [5, 5.41) is 0. The fourth-order valence-corrected chi connectivity index (χ4v) is 5.65. The molecule has 2 aliphatic rings. The Morgan fingerprint density at radius 3 is 2.61 bits per heavy atom. The lowest BCUT2D eigenvalue weighted by atomic mass is 10.0. The van der Waals surface area contributed by atoms with Crippen LogP contribution in [0.1, 0.15) is 17.7 Å². The largest absolute Gasteiger partial charge is 0.481 e. The molecule has 0 unspecified atom stereocenters. The summed E-state index contributed by atoms with van der Waals surface area (Å²) >= 11 is 1.61. The number of piperidine rings is 1. The van der Waals surface area contributed by atoms with E-state index in [1.54, 1.807) is 30.7 Å². The van der Waals surface area contributed by atoms with Crippen LogP contribution in [0, 0.1) is 0 Å². The molecule has 9 nitrogen and oxygen atoms in total. The lowest BCUT2D eigenvalue weighted by Gasteiger charge is -2.34. The van der Waals surface area contributed by atoms with Crippen LogP contribution < -0.4 is 9.64 Å². The zero-order valence-electron chi connectivity index (χ0n) is 21.0. The molecule has 0 saturated carbocycles. The Bertz CT molecular complexity index is 1230. The van der Waals surface area contributed by atoms with Gasteiger partial charge in [-0.3, -0.25) is 4.79 Å².